The van der Waals surface area contributed by atoms with Crippen LogP contribution in [-0.4, -0.2) is 49.4 Å². The molecule has 24 heavy (non-hydrogen) atoms. The summed E-state index contributed by atoms with van der Waals surface area (Å²) >= 11 is 0. The molecule has 132 valence electrons. The quantitative estimate of drug-likeness (QED) is 0.753. The van der Waals surface area contributed by atoms with E-state index in [4.69, 9.17) is 0 Å². The van der Waals surface area contributed by atoms with Gasteiger partial charge in [0.25, 0.3) is 5.91 Å². The minimum atomic E-state index is -0.0871. The van der Waals surface area contributed by atoms with E-state index >= 15 is 0 Å². The third kappa shape index (κ3) is 5.64. The molecule has 2 N–H and O–H groups in total. The number of amides is 2. The predicted molar refractivity (Wildman–Crippen MR) is 95.9 cm³/mol. The minimum absolute atomic E-state index is 0.0858. The fraction of sp³-hybridized carbons (Fsp3) is 0.579. The second-order valence-electron chi connectivity index (χ2n) is 6.71. The van der Waals surface area contributed by atoms with Crippen molar-refractivity contribution < 1.29 is 9.59 Å². The highest BCUT2D eigenvalue weighted by atomic mass is 16.2. The number of rotatable bonds is 7. The molecule has 0 radical (unpaired) electrons. The average molecular weight is 331 g/mol. The van der Waals surface area contributed by atoms with Crippen molar-refractivity contribution in [2.75, 3.05) is 20.6 Å². The molecule has 0 saturated heterocycles. The maximum absolute atomic E-state index is 12.2. The summed E-state index contributed by atoms with van der Waals surface area (Å²) in [6, 6.07) is 9.81. The van der Waals surface area contributed by atoms with Gasteiger partial charge in [-0.1, -0.05) is 31.0 Å². The summed E-state index contributed by atoms with van der Waals surface area (Å²) < 4.78 is 0. The average Bonchev–Trinajstić information content (AvgIpc) is 2.59. The van der Waals surface area contributed by atoms with E-state index in [0.717, 1.165) is 12.8 Å². The van der Waals surface area contributed by atoms with Crippen LogP contribution in [0, 0.1) is 0 Å². The van der Waals surface area contributed by atoms with Crippen molar-refractivity contribution in [1.82, 2.24) is 15.5 Å². The molecule has 0 spiro atoms. The van der Waals surface area contributed by atoms with Crippen LogP contribution < -0.4 is 10.6 Å². The highest BCUT2D eigenvalue weighted by Gasteiger charge is 2.27. The van der Waals surface area contributed by atoms with Gasteiger partial charge in [0.05, 0.1) is 0 Å². The number of benzene rings is 1. The van der Waals surface area contributed by atoms with Crippen LogP contribution in [0.25, 0.3) is 0 Å². The van der Waals surface area contributed by atoms with Crippen LogP contribution in [0.15, 0.2) is 30.3 Å². The molecular formula is C19H29N3O2. The molecule has 5 nitrogen and oxygen atoms in total. The molecule has 5 heteroatoms. The highest BCUT2D eigenvalue weighted by molar-refractivity contribution is 5.94. The van der Waals surface area contributed by atoms with Crippen LogP contribution in [0.2, 0.25) is 0 Å². The Hall–Kier alpha value is -1.88. The zero-order valence-corrected chi connectivity index (χ0v) is 14.8. The zero-order chi connectivity index (χ0) is 17.4. The van der Waals surface area contributed by atoms with Crippen LogP contribution in [0.4, 0.5) is 0 Å². The van der Waals surface area contributed by atoms with E-state index in [1.165, 1.54) is 12.8 Å². The first-order chi connectivity index (χ1) is 11.6. The molecular weight excluding hydrogens is 302 g/mol. The van der Waals surface area contributed by atoms with Gasteiger partial charge in [-0.2, -0.15) is 0 Å². The lowest BCUT2D eigenvalue weighted by Crippen LogP contribution is -2.51. The molecule has 0 aromatic heterocycles. The Kier molecular flexibility index (Phi) is 7.25. The number of hydrogen-bond acceptors (Lipinski definition) is 3. The summed E-state index contributed by atoms with van der Waals surface area (Å²) in [5, 5.41) is 6.03. The Morgan fingerprint density at radius 3 is 2.54 bits per heavy atom. The van der Waals surface area contributed by atoms with Crippen molar-refractivity contribution in [3.8, 4) is 0 Å². The summed E-state index contributed by atoms with van der Waals surface area (Å²) in [7, 11) is 4.16. The number of carbonyl (C=O) groups excluding carboxylic acids is 2. The standard InChI is InChI=1S/C19H29N3O2/c1-22(2)17-12-7-6-11-16(17)21-18(23)13-8-14-20-19(24)15-9-4-3-5-10-15/h3-5,9-10,16-17H,6-8,11-14H2,1-2H3,(H,20,24)(H,21,23)/t16-,17-/m0/s1. The monoisotopic (exact) mass is 331 g/mol. The summed E-state index contributed by atoms with van der Waals surface area (Å²) in [5.74, 6) is -0.00123. The normalized spacial score (nSPS) is 20.6. The number of hydrogen-bond donors (Lipinski definition) is 2. The summed E-state index contributed by atoms with van der Waals surface area (Å²) in [6.07, 6.45) is 5.73. The lowest BCUT2D eigenvalue weighted by molar-refractivity contribution is -0.122. The summed E-state index contributed by atoms with van der Waals surface area (Å²) in [6.45, 7) is 0.517. The van der Waals surface area contributed by atoms with E-state index in [2.05, 4.69) is 29.6 Å². The smallest absolute Gasteiger partial charge is 0.251 e. The zero-order valence-electron chi connectivity index (χ0n) is 14.8. The van der Waals surface area contributed by atoms with Crippen LogP contribution in [0.1, 0.15) is 48.9 Å². The van der Waals surface area contributed by atoms with Crippen molar-refractivity contribution in [3.63, 3.8) is 0 Å². The van der Waals surface area contributed by atoms with Gasteiger partial charge in [-0.15, -0.1) is 0 Å². The van der Waals surface area contributed by atoms with Gasteiger partial charge in [-0.25, -0.2) is 0 Å². The lowest BCUT2D eigenvalue weighted by Gasteiger charge is -2.36. The number of likely N-dealkylation sites (N-methyl/N-ethyl adjacent to an activating group) is 1. The topological polar surface area (TPSA) is 61.4 Å². The fourth-order valence-electron chi connectivity index (χ4n) is 3.32. The van der Waals surface area contributed by atoms with Crippen molar-refractivity contribution >= 4 is 11.8 Å². The van der Waals surface area contributed by atoms with Crippen molar-refractivity contribution in [3.05, 3.63) is 35.9 Å². The van der Waals surface area contributed by atoms with Crippen molar-refractivity contribution in [2.45, 2.75) is 50.6 Å². The van der Waals surface area contributed by atoms with Crippen LogP contribution in [0.5, 0.6) is 0 Å². The second-order valence-corrected chi connectivity index (χ2v) is 6.71. The van der Waals surface area contributed by atoms with Gasteiger partial charge in [0.2, 0.25) is 5.91 Å². The van der Waals surface area contributed by atoms with Crippen LogP contribution in [0.3, 0.4) is 0 Å². The van der Waals surface area contributed by atoms with E-state index in [1.54, 1.807) is 12.1 Å². The number of nitrogens with one attached hydrogen (secondary N) is 2. The first-order valence-corrected chi connectivity index (χ1v) is 8.87. The van der Waals surface area contributed by atoms with E-state index in [9.17, 15) is 9.59 Å². The molecule has 1 fully saturated rings. The number of nitrogens with zero attached hydrogens (tertiary/aromatic N) is 1. The van der Waals surface area contributed by atoms with Gasteiger partial charge >= 0.3 is 0 Å². The Labute approximate surface area is 144 Å². The first-order valence-electron chi connectivity index (χ1n) is 8.87. The molecule has 1 aliphatic carbocycles. The van der Waals surface area contributed by atoms with Gasteiger partial charge in [-0.3, -0.25) is 9.59 Å². The van der Waals surface area contributed by atoms with Crippen molar-refractivity contribution in [2.24, 2.45) is 0 Å². The van der Waals surface area contributed by atoms with E-state index in [1.807, 2.05) is 18.2 Å². The predicted octanol–water partition coefficient (Wildman–Crippen LogP) is 2.19. The number of carbonyl (C=O) groups is 2. The molecule has 2 amide bonds. The van der Waals surface area contributed by atoms with Gasteiger partial charge in [0.15, 0.2) is 0 Å². The first kappa shape index (κ1) is 18.5. The molecule has 0 unspecified atom stereocenters. The molecule has 1 saturated carbocycles. The molecule has 0 bridgehead atoms. The molecule has 1 aromatic carbocycles. The highest BCUT2D eigenvalue weighted by Crippen LogP contribution is 2.21. The molecule has 1 aromatic rings. The maximum Gasteiger partial charge on any atom is 0.251 e. The third-order valence-corrected chi connectivity index (χ3v) is 4.64. The Balaban J connectivity index is 1.67. The van der Waals surface area contributed by atoms with E-state index in [-0.39, 0.29) is 17.9 Å². The molecule has 1 aliphatic rings. The second kappa shape index (κ2) is 9.42. The Morgan fingerprint density at radius 2 is 1.83 bits per heavy atom. The van der Waals surface area contributed by atoms with Gasteiger partial charge in [0, 0.05) is 30.6 Å². The van der Waals surface area contributed by atoms with Gasteiger partial charge < -0.3 is 15.5 Å². The van der Waals surface area contributed by atoms with Gasteiger partial charge in [-0.05, 0) is 45.5 Å². The van der Waals surface area contributed by atoms with Gasteiger partial charge in [0.1, 0.15) is 0 Å². The molecule has 0 aliphatic heterocycles. The largest absolute Gasteiger partial charge is 0.352 e. The summed E-state index contributed by atoms with van der Waals surface area (Å²) in [5.41, 5.74) is 0.651. The van der Waals surface area contributed by atoms with Crippen molar-refractivity contribution in [1.29, 1.82) is 0 Å². The fourth-order valence-corrected chi connectivity index (χ4v) is 3.32. The SMILES string of the molecule is CN(C)[C@H]1CCCC[C@@H]1NC(=O)CCCNC(=O)c1ccccc1. The molecule has 2 rings (SSSR count). The molecule has 0 heterocycles. The lowest BCUT2D eigenvalue weighted by atomic mass is 9.89. The van der Waals surface area contributed by atoms with Crippen LogP contribution >= 0.6 is 0 Å². The summed E-state index contributed by atoms with van der Waals surface area (Å²) in [4.78, 5) is 26.3. The Bertz CT molecular complexity index is 531. The minimum Gasteiger partial charge on any atom is -0.352 e. The maximum atomic E-state index is 12.2. The Morgan fingerprint density at radius 1 is 1.12 bits per heavy atom. The molecule has 2 atom stereocenters. The van der Waals surface area contributed by atoms with Crippen LogP contribution in [-0.2, 0) is 4.79 Å². The van der Waals surface area contributed by atoms with E-state index < -0.39 is 0 Å². The third-order valence-electron chi connectivity index (χ3n) is 4.64. The van der Waals surface area contributed by atoms with E-state index in [0.29, 0.717) is 31.0 Å².